The van der Waals surface area contributed by atoms with Crippen LogP contribution in [0.15, 0.2) is 26.2 Å². The van der Waals surface area contributed by atoms with Crippen molar-refractivity contribution in [3.05, 3.63) is 58.8 Å². The highest BCUT2D eigenvalue weighted by Gasteiger charge is 2.19. The van der Waals surface area contributed by atoms with Gasteiger partial charge in [0.25, 0.3) is 0 Å². The number of halogens is 1. The maximum absolute atomic E-state index is 11.5. The monoisotopic (exact) mass is 381 g/mol. The summed E-state index contributed by atoms with van der Waals surface area (Å²) in [7, 11) is 0. The zero-order chi connectivity index (χ0) is 16.6. The minimum Gasteiger partial charge on any atom is -0.454 e. The van der Waals surface area contributed by atoms with Gasteiger partial charge in [0.2, 0.25) is 6.79 Å². The summed E-state index contributed by atoms with van der Waals surface area (Å²) in [6, 6.07) is 3.36. The fourth-order valence-electron chi connectivity index (χ4n) is 2.03. The zero-order valence-corrected chi connectivity index (χ0v) is 12.9. The molecule has 0 fully saturated rings. The Morgan fingerprint density at radius 1 is 1.17 bits per heavy atom. The van der Waals surface area contributed by atoms with Gasteiger partial charge in [-0.25, -0.2) is 4.79 Å². The Morgan fingerprint density at radius 3 is 2.57 bits per heavy atom. The Bertz CT molecular complexity index is 946. The van der Waals surface area contributed by atoms with E-state index in [-0.39, 0.29) is 12.5 Å². The first-order valence-corrected chi connectivity index (χ1v) is 7.03. The van der Waals surface area contributed by atoms with E-state index < -0.39 is 21.9 Å². The van der Waals surface area contributed by atoms with E-state index in [1.54, 1.807) is 12.1 Å². The first kappa shape index (κ1) is 15.0. The lowest BCUT2D eigenvalue weighted by Gasteiger charge is -2.02. The van der Waals surface area contributed by atoms with Crippen LogP contribution < -0.4 is 20.7 Å². The number of rotatable bonds is 3. The summed E-state index contributed by atoms with van der Waals surface area (Å²) < 4.78 is 11.1. The Balaban J connectivity index is 2.06. The predicted molar refractivity (Wildman–Crippen MR) is 83.5 cm³/mol. The second-order valence-corrected chi connectivity index (χ2v) is 5.34. The van der Waals surface area contributed by atoms with Crippen molar-refractivity contribution in [1.82, 2.24) is 9.97 Å². The van der Waals surface area contributed by atoms with Gasteiger partial charge in [-0.2, -0.15) is 0 Å². The highest BCUT2D eigenvalue weighted by molar-refractivity contribution is 9.10. The van der Waals surface area contributed by atoms with E-state index in [1.165, 1.54) is 12.2 Å². The second kappa shape index (κ2) is 5.72. The number of ether oxygens (including phenoxy) is 2. The van der Waals surface area contributed by atoms with Crippen molar-refractivity contribution in [3.63, 3.8) is 0 Å². The topological polar surface area (TPSA) is 127 Å². The van der Waals surface area contributed by atoms with Crippen LogP contribution in [0.25, 0.3) is 12.2 Å². The van der Waals surface area contributed by atoms with Crippen LogP contribution in [0.5, 0.6) is 11.5 Å². The van der Waals surface area contributed by atoms with Crippen molar-refractivity contribution in [1.29, 1.82) is 0 Å². The highest BCUT2D eigenvalue weighted by atomic mass is 79.9. The Morgan fingerprint density at radius 2 is 1.87 bits per heavy atom. The van der Waals surface area contributed by atoms with E-state index in [9.17, 15) is 19.7 Å². The van der Waals surface area contributed by atoms with Crippen molar-refractivity contribution in [2.24, 2.45) is 0 Å². The summed E-state index contributed by atoms with van der Waals surface area (Å²) >= 11 is 3.34. The summed E-state index contributed by atoms with van der Waals surface area (Å²) in [6.45, 7) is 0.113. The number of benzene rings is 1. The predicted octanol–water partition coefficient (Wildman–Crippen LogP) is 1.63. The SMILES string of the molecule is O=c1[nH]c(/C=C/c2cc3c(cc2Br)OCO3)c([N+](=O)[O-])c(=O)[nH]1. The molecular weight excluding hydrogens is 374 g/mol. The molecule has 10 heteroatoms. The number of fused-ring (bicyclic) bond motifs is 1. The molecule has 9 nitrogen and oxygen atoms in total. The van der Waals surface area contributed by atoms with Gasteiger partial charge in [-0.15, -0.1) is 0 Å². The average molecular weight is 382 g/mol. The van der Waals surface area contributed by atoms with Crippen molar-refractivity contribution < 1.29 is 14.4 Å². The van der Waals surface area contributed by atoms with Gasteiger partial charge in [0.1, 0.15) is 5.69 Å². The molecule has 1 aliphatic rings. The molecule has 1 aromatic carbocycles. The number of nitro groups is 1. The van der Waals surface area contributed by atoms with Crippen LogP contribution in [0.1, 0.15) is 11.3 Å². The van der Waals surface area contributed by atoms with Crippen LogP contribution in [0.4, 0.5) is 5.69 Å². The molecule has 2 heterocycles. The molecule has 118 valence electrons. The van der Waals surface area contributed by atoms with Crippen LogP contribution in [0, 0.1) is 10.1 Å². The summed E-state index contributed by atoms with van der Waals surface area (Å²) in [5.41, 5.74) is -2.20. The molecule has 0 bridgehead atoms. The maximum Gasteiger partial charge on any atom is 0.357 e. The second-order valence-electron chi connectivity index (χ2n) is 4.49. The van der Waals surface area contributed by atoms with E-state index in [0.29, 0.717) is 21.5 Å². The lowest BCUT2D eigenvalue weighted by molar-refractivity contribution is -0.386. The fraction of sp³-hybridized carbons (Fsp3) is 0.0769. The molecule has 1 aliphatic heterocycles. The molecular formula is C13H8BrN3O6. The Hall–Kier alpha value is -2.88. The van der Waals surface area contributed by atoms with E-state index in [2.05, 4.69) is 20.9 Å². The third-order valence-electron chi connectivity index (χ3n) is 3.05. The van der Waals surface area contributed by atoms with E-state index in [0.717, 1.165) is 0 Å². The average Bonchev–Trinajstić information content (AvgIpc) is 2.90. The molecule has 0 atom stereocenters. The molecule has 23 heavy (non-hydrogen) atoms. The van der Waals surface area contributed by atoms with E-state index in [4.69, 9.17) is 9.47 Å². The molecule has 0 amide bonds. The number of H-pyrrole nitrogens is 2. The van der Waals surface area contributed by atoms with Gasteiger partial charge in [0.05, 0.1) is 4.92 Å². The summed E-state index contributed by atoms with van der Waals surface area (Å²) in [5, 5.41) is 11.0. The molecule has 3 rings (SSSR count). The van der Waals surface area contributed by atoms with Crippen molar-refractivity contribution in [2.75, 3.05) is 6.79 Å². The first-order chi connectivity index (χ1) is 11.0. The van der Waals surface area contributed by atoms with Gasteiger partial charge in [-0.3, -0.25) is 19.9 Å². The highest BCUT2D eigenvalue weighted by Crippen LogP contribution is 2.37. The molecule has 0 radical (unpaired) electrons. The minimum atomic E-state index is -1.07. The molecule has 2 N–H and O–H groups in total. The molecule has 0 unspecified atom stereocenters. The molecule has 0 spiro atoms. The standard InChI is InChI=1S/C13H8BrN3O6/c14-7-4-10-9(22-5-23-10)3-6(7)1-2-8-11(17(20)21)12(18)16-13(19)15-8/h1-4H,5H2,(H2,15,16,18,19)/b2-1+. The number of hydrogen-bond donors (Lipinski definition) is 2. The Kier molecular flexibility index (Phi) is 3.74. The fourth-order valence-corrected chi connectivity index (χ4v) is 2.49. The molecule has 0 aliphatic carbocycles. The van der Waals surface area contributed by atoms with Gasteiger partial charge in [-0.05, 0) is 23.8 Å². The van der Waals surface area contributed by atoms with E-state index in [1.807, 2.05) is 4.98 Å². The summed E-state index contributed by atoms with van der Waals surface area (Å²) in [4.78, 5) is 37.0. The van der Waals surface area contributed by atoms with Gasteiger partial charge < -0.3 is 14.5 Å². The maximum atomic E-state index is 11.5. The van der Waals surface area contributed by atoms with Crippen LogP contribution in [0.2, 0.25) is 0 Å². The van der Waals surface area contributed by atoms with Crippen LogP contribution in [0.3, 0.4) is 0 Å². The lowest BCUT2D eigenvalue weighted by Crippen LogP contribution is -2.25. The van der Waals surface area contributed by atoms with Gasteiger partial charge >= 0.3 is 16.9 Å². The van der Waals surface area contributed by atoms with Crippen molar-refractivity contribution in [2.45, 2.75) is 0 Å². The molecule has 0 saturated heterocycles. The normalized spacial score (nSPS) is 12.7. The Labute approximate surface area is 135 Å². The largest absolute Gasteiger partial charge is 0.454 e. The number of nitrogens with one attached hydrogen (secondary N) is 2. The number of aromatic nitrogens is 2. The summed E-state index contributed by atoms with van der Waals surface area (Å²) in [6.07, 6.45) is 2.78. The zero-order valence-electron chi connectivity index (χ0n) is 11.3. The van der Waals surface area contributed by atoms with Crippen LogP contribution in [-0.4, -0.2) is 21.7 Å². The van der Waals surface area contributed by atoms with Gasteiger partial charge in [-0.1, -0.05) is 22.0 Å². The van der Waals surface area contributed by atoms with Crippen LogP contribution in [-0.2, 0) is 0 Å². The summed E-state index contributed by atoms with van der Waals surface area (Å²) in [5.74, 6) is 1.10. The molecule has 1 aromatic heterocycles. The first-order valence-electron chi connectivity index (χ1n) is 6.24. The van der Waals surface area contributed by atoms with Crippen molar-refractivity contribution in [3.8, 4) is 11.5 Å². The third-order valence-corrected chi connectivity index (χ3v) is 3.74. The number of hydrogen-bond acceptors (Lipinski definition) is 6. The quantitative estimate of drug-likeness (QED) is 0.614. The molecule has 2 aromatic rings. The van der Waals surface area contributed by atoms with Gasteiger partial charge in [0.15, 0.2) is 11.5 Å². The molecule has 0 saturated carbocycles. The number of nitrogens with zero attached hydrogens (tertiary/aromatic N) is 1. The van der Waals surface area contributed by atoms with Crippen LogP contribution >= 0.6 is 15.9 Å². The van der Waals surface area contributed by atoms with Crippen molar-refractivity contribution >= 4 is 33.8 Å². The van der Waals surface area contributed by atoms with Gasteiger partial charge in [0, 0.05) is 4.47 Å². The number of aromatic amines is 2. The lowest BCUT2D eigenvalue weighted by atomic mass is 10.1. The third kappa shape index (κ3) is 2.88. The van der Waals surface area contributed by atoms with E-state index >= 15 is 0 Å². The minimum absolute atomic E-state index is 0.113. The smallest absolute Gasteiger partial charge is 0.357 e.